The molecule has 0 unspecified atom stereocenters. The van der Waals surface area contributed by atoms with Crippen LogP contribution in [0.1, 0.15) is 13.8 Å². The molecule has 1 N–H and O–H groups in total. The molecule has 15 heavy (non-hydrogen) atoms. The molecular weight excluding hydrogens is 233 g/mol. The fourth-order valence-electron chi connectivity index (χ4n) is 1.19. The summed E-state index contributed by atoms with van der Waals surface area (Å²) in [6.45, 7) is 3.94. The summed E-state index contributed by atoms with van der Waals surface area (Å²) < 4.78 is 0. The van der Waals surface area contributed by atoms with Crippen LogP contribution in [-0.2, 0) is 0 Å². The van der Waals surface area contributed by atoms with E-state index in [1.165, 1.54) is 0 Å². The number of hydrogen-bond donors (Lipinski definition) is 1. The van der Waals surface area contributed by atoms with Crippen molar-refractivity contribution in [3.8, 4) is 0 Å². The Morgan fingerprint density at radius 1 is 1.33 bits per heavy atom. The second kappa shape index (κ2) is 4.60. The molecule has 84 valence electrons. The highest BCUT2D eigenvalue weighted by atomic mass is 35.5. The SMILES string of the molecule is CN(c1ccc(Cl)cc1Cl)C(C)(C)CO. The van der Waals surface area contributed by atoms with Gasteiger partial charge >= 0.3 is 0 Å². The van der Waals surface area contributed by atoms with Gasteiger partial charge in [0.25, 0.3) is 0 Å². The minimum Gasteiger partial charge on any atom is -0.394 e. The summed E-state index contributed by atoms with van der Waals surface area (Å²) in [7, 11) is 1.89. The van der Waals surface area contributed by atoms with E-state index in [0.717, 1.165) is 5.69 Å². The molecule has 1 aromatic rings. The summed E-state index contributed by atoms with van der Waals surface area (Å²) in [6.07, 6.45) is 0. The van der Waals surface area contributed by atoms with Gasteiger partial charge < -0.3 is 10.0 Å². The molecule has 0 radical (unpaired) electrons. The van der Waals surface area contributed by atoms with Crippen LogP contribution in [0.4, 0.5) is 5.69 Å². The van der Waals surface area contributed by atoms with Crippen molar-refractivity contribution in [2.75, 3.05) is 18.6 Å². The zero-order chi connectivity index (χ0) is 11.6. The maximum atomic E-state index is 9.26. The number of benzene rings is 1. The molecular formula is C11H15Cl2NO. The number of aliphatic hydroxyl groups is 1. The van der Waals surface area contributed by atoms with Gasteiger partial charge in [0.05, 0.1) is 22.9 Å². The average Bonchev–Trinajstić information content (AvgIpc) is 2.17. The standard InChI is InChI=1S/C11H15Cl2NO/c1-11(2,7-15)14(3)10-5-4-8(12)6-9(10)13/h4-6,15H,7H2,1-3H3. The van der Waals surface area contributed by atoms with Crippen LogP contribution in [0.2, 0.25) is 10.0 Å². The molecule has 0 aromatic heterocycles. The second-order valence-corrected chi connectivity index (χ2v) is 4.97. The lowest BCUT2D eigenvalue weighted by Gasteiger charge is -2.36. The molecule has 0 amide bonds. The largest absolute Gasteiger partial charge is 0.394 e. The summed E-state index contributed by atoms with van der Waals surface area (Å²) in [5, 5.41) is 10.5. The van der Waals surface area contributed by atoms with Crippen LogP contribution in [0.15, 0.2) is 18.2 Å². The Morgan fingerprint density at radius 2 is 1.93 bits per heavy atom. The summed E-state index contributed by atoms with van der Waals surface area (Å²) in [5.41, 5.74) is 0.511. The summed E-state index contributed by atoms with van der Waals surface area (Å²) >= 11 is 11.9. The quantitative estimate of drug-likeness (QED) is 0.887. The molecule has 0 saturated carbocycles. The van der Waals surface area contributed by atoms with Gasteiger partial charge in [-0.15, -0.1) is 0 Å². The van der Waals surface area contributed by atoms with Crippen LogP contribution >= 0.6 is 23.2 Å². The molecule has 0 aliphatic heterocycles. The molecule has 0 aliphatic rings. The second-order valence-electron chi connectivity index (χ2n) is 4.13. The fourth-order valence-corrected chi connectivity index (χ4v) is 1.72. The van der Waals surface area contributed by atoms with Gasteiger partial charge in [-0.05, 0) is 32.0 Å². The third kappa shape index (κ3) is 2.77. The number of hydrogen-bond acceptors (Lipinski definition) is 2. The van der Waals surface area contributed by atoms with Gasteiger partial charge in [-0.2, -0.15) is 0 Å². The molecule has 1 aromatic carbocycles. The predicted molar refractivity (Wildman–Crippen MR) is 66.0 cm³/mol. The molecule has 2 nitrogen and oxygen atoms in total. The van der Waals surface area contributed by atoms with E-state index in [0.29, 0.717) is 10.0 Å². The van der Waals surface area contributed by atoms with Crippen LogP contribution < -0.4 is 4.90 Å². The van der Waals surface area contributed by atoms with Crippen LogP contribution in [0.25, 0.3) is 0 Å². The molecule has 0 aliphatic carbocycles. The Balaban J connectivity index is 3.06. The summed E-state index contributed by atoms with van der Waals surface area (Å²) in [5.74, 6) is 0. The zero-order valence-corrected chi connectivity index (χ0v) is 10.6. The highest BCUT2D eigenvalue weighted by molar-refractivity contribution is 6.36. The zero-order valence-electron chi connectivity index (χ0n) is 9.09. The average molecular weight is 248 g/mol. The first kappa shape index (κ1) is 12.6. The van der Waals surface area contributed by atoms with Crippen molar-refractivity contribution in [1.29, 1.82) is 0 Å². The van der Waals surface area contributed by atoms with Crippen molar-refractivity contribution >= 4 is 28.9 Å². The van der Waals surface area contributed by atoms with Crippen LogP contribution in [0, 0.1) is 0 Å². The van der Waals surface area contributed by atoms with Crippen LogP contribution in [0.5, 0.6) is 0 Å². The normalized spacial score (nSPS) is 11.6. The van der Waals surface area contributed by atoms with Crippen molar-refractivity contribution in [1.82, 2.24) is 0 Å². The number of halogens is 2. The van der Waals surface area contributed by atoms with E-state index in [2.05, 4.69) is 0 Å². The summed E-state index contributed by atoms with van der Waals surface area (Å²) in [6, 6.07) is 5.33. The van der Waals surface area contributed by atoms with Crippen molar-refractivity contribution in [3.05, 3.63) is 28.2 Å². The molecule has 0 heterocycles. The first-order valence-corrected chi connectivity index (χ1v) is 5.44. The van der Waals surface area contributed by atoms with E-state index in [4.69, 9.17) is 23.2 Å². The van der Waals surface area contributed by atoms with E-state index >= 15 is 0 Å². The Labute approximate surface area is 100 Å². The number of rotatable bonds is 3. The minimum absolute atomic E-state index is 0.0580. The van der Waals surface area contributed by atoms with Crippen molar-refractivity contribution < 1.29 is 5.11 Å². The highest BCUT2D eigenvalue weighted by Gasteiger charge is 2.24. The Bertz CT molecular complexity index is 352. The smallest absolute Gasteiger partial charge is 0.0658 e. The van der Waals surface area contributed by atoms with E-state index in [1.807, 2.05) is 31.9 Å². The predicted octanol–water partition coefficient (Wildman–Crippen LogP) is 3.20. The van der Waals surface area contributed by atoms with Gasteiger partial charge in [0.2, 0.25) is 0 Å². The van der Waals surface area contributed by atoms with E-state index in [-0.39, 0.29) is 12.1 Å². The number of likely N-dealkylation sites (N-methyl/N-ethyl adjacent to an activating group) is 1. The van der Waals surface area contributed by atoms with Gasteiger partial charge in [-0.3, -0.25) is 0 Å². The molecule has 0 saturated heterocycles. The van der Waals surface area contributed by atoms with Crippen LogP contribution in [-0.4, -0.2) is 24.3 Å². The van der Waals surface area contributed by atoms with Gasteiger partial charge in [0.1, 0.15) is 0 Å². The van der Waals surface area contributed by atoms with Crippen LogP contribution in [0.3, 0.4) is 0 Å². The van der Waals surface area contributed by atoms with Gasteiger partial charge in [-0.1, -0.05) is 23.2 Å². The highest BCUT2D eigenvalue weighted by Crippen LogP contribution is 2.31. The Hall–Kier alpha value is -0.440. The van der Waals surface area contributed by atoms with E-state index in [9.17, 15) is 5.11 Å². The van der Waals surface area contributed by atoms with Gasteiger partial charge in [0.15, 0.2) is 0 Å². The first-order valence-electron chi connectivity index (χ1n) is 4.68. The number of anilines is 1. The third-order valence-electron chi connectivity index (χ3n) is 2.57. The lowest BCUT2D eigenvalue weighted by molar-refractivity contribution is 0.216. The lowest BCUT2D eigenvalue weighted by atomic mass is 10.0. The van der Waals surface area contributed by atoms with Crippen molar-refractivity contribution in [2.24, 2.45) is 0 Å². The van der Waals surface area contributed by atoms with Gasteiger partial charge in [0, 0.05) is 12.1 Å². The number of nitrogens with zero attached hydrogens (tertiary/aromatic N) is 1. The third-order valence-corrected chi connectivity index (χ3v) is 3.10. The molecule has 1 rings (SSSR count). The molecule has 0 fully saturated rings. The molecule has 0 atom stereocenters. The number of aliphatic hydroxyl groups excluding tert-OH is 1. The van der Waals surface area contributed by atoms with Crippen molar-refractivity contribution in [2.45, 2.75) is 19.4 Å². The maximum absolute atomic E-state index is 9.26. The molecule has 0 bridgehead atoms. The maximum Gasteiger partial charge on any atom is 0.0658 e. The van der Waals surface area contributed by atoms with Gasteiger partial charge in [-0.25, -0.2) is 0 Å². The van der Waals surface area contributed by atoms with E-state index in [1.54, 1.807) is 12.1 Å². The molecule has 4 heteroatoms. The Morgan fingerprint density at radius 3 is 2.40 bits per heavy atom. The first-order chi connectivity index (χ1) is 6.88. The molecule has 0 spiro atoms. The lowest BCUT2D eigenvalue weighted by Crippen LogP contribution is -2.44. The topological polar surface area (TPSA) is 23.5 Å². The fraction of sp³-hybridized carbons (Fsp3) is 0.455. The minimum atomic E-state index is -0.350. The van der Waals surface area contributed by atoms with Crippen molar-refractivity contribution in [3.63, 3.8) is 0 Å². The van der Waals surface area contributed by atoms with E-state index < -0.39 is 0 Å². The monoisotopic (exact) mass is 247 g/mol. The summed E-state index contributed by atoms with van der Waals surface area (Å²) in [4.78, 5) is 1.94. The Kier molecular flexibility index (Phi) is 3.87.